The molecule has 0 aliphatic rings. The van der Waals surface area contributed by atoms with Crippen molar-refractivity contribution in [1.29, 1.82) is 5.26 Å². The first-order valence-corrected chi connectivity index (χ1v) is 11.1. The van der Waals surface area contributed by atoms with Gasteiger partial charge >= 0.3 is 6.18 Å². The van der Waals surface area contributed by atoms with Crippen molar-refractivity contribution < 1.29 is 27.1 Å². The monoisotopic (exact) mass is 596 g/mol. The zero-order valence-electron chi connectivity index (χ0n) is 17.1. The summed E-state index contributed by atoms with van der Waals surface area (Å²) in [5, 5.41) is 11.7. The Morgan fingerprint density at radius 2 is 1.74 bits per heavy atom. The van der Waals surface area contributed by atoms with E-state index in [1.54, 1.807) is 30.3 Å². The molecule has 0 heterocycles. The highest BCUT2D eigenvalue weighted by atomic mass is 79.9. The fourth-order valence-electron chi connectivity index (χ4n) is 2.87. The fraction of sp³-hybridized carbons (Fsp3) is 0.0833. The second-order valence-electron chi connectivity index (χ2n) is 6.93. The predicted molar refractivity (Wildman–Crippen MR) is 126 cm³/mol. The Kier molecular flexibility index (Phi) is 8.12. The van der Waals surface area contributed by atoms with Crippen molar-refractivity contribution in [3.05, 3.63) is 97.7 Å². The van der Waals surface area contributed by atoms with Crippen LogP contribution in [0.3, 0.4) is 0 Å². The molecule has 3 rings (SSSR count). The van der Waals surface area contributed by atoms with E-state index in [0.717, 1.165) is 18.2 Å². The first kappa shape index (κ1) is 25.5. The van der Waals surface area contributed by atoms with Gasteiger partial charge in [0.1, 0.15) is 29.8 Å². The van der Waals surface area contributed by atoms with Gasteiger partial charge in [0.15, 0.2) is 0 Å². The summed E-state index contributed by atoms with van der Waals surface area (Å²) in [5.74, 6) is -0.819. The minimum atomic E-state index is -4.56. The van der Waals surface area contributed by atoms with Crippen molar-refractivity contribution in [2.24, 2.45) is 0 Å². The van der Waals surface area contributed by atoms with Gasteiger partial charge in [0.25, 0.3) is 5.91 Å². The molecule has 0 radical (unpaired) electrons. The Hall–Kier alpha value is -3.16. The van der Waals surface area contributed by atoms with Gasteiger partial charge in [-0.05, 0) is 91.5 Å². The van der Waals surface area contributed by atoms with Crippen molar-refractivity contribution in [2.75, 3.05) is 5.32 Å². The lowest BCUT2D eigenvalue weighted by molar-refractivity contribution is -0.137. The first-order chi connectivity index (χ1) is 16.1. The minimum Gasteiger partial charge on any atom is -0.487 e. The maximum atomic E-state index is 13.3. The second kappa shape index (κ2) is 10.8. The van der Waals surface area contributed by atoms with E-state index in [2.05, 4.69) is 37.2 Å². The van der Waals surface area contributed by atoms with Crippen LogP contribution in [0.4, 0.5) is 23.2 Å². The predicted octanol–water partition coefficient (Wildman–Crippen LogP) is 7.49. The highest BCUT2D eigenvalue weighted by Gasteiger charge is 2.30. The van der Waals surface area contributed by atoms with E-state index in [9.17, 15) is 27.6 Å². The summed E-state index contributed by atoms with van der Waals surface area (Å²) in [7, 11) is 0. The number of hydrogen-bond acceptors (Lipinski definition) is 3. The lowest BCUT2D eigenvalue weighted by Gasteiger charge is -2.12. The molecule has 0 unspecified atom stereocenters. The average molecular weight is 598 g/mol. The summed E-state index contributed by atoms with van der Waals surface area (Å²) in [6, 6.07) is 15.0. The van der Waals surface area contributed by atoms with Gasteiger partial charge in [-0.1, -0.05) is 18.2 Å². The summed E-state index contributed by atoms with van der Waals surface area (Å²) in [6.45, 7) is 0.104. The molecular formula is C24H14Br2F4N2O2. The number of carbonyl (C=O) groups excluding carboxylic acids is 1. The number of alkyl halides is 3. The van der Waals surface area contributed by atoms with Crippen LogP contribution in [0.2, 0.25) is 0 Å². The fourth-order valence-corrected chi connectivity index (χ4v) is 4.32. The first-order valence-electron chi connectivity index (χ1n) is 9.53. The van der Waals surface area contributed by atoms with Crippen molar-refractivity contribution in [1.82, 2.24) is 0 Å². The largest absolute Gasteiger partial charge is 0.487 e. The molecule has 0 spiro atoms. The maximum Gasteiger partial charge on any atom is 0.416 e. The van der Waals surface area contributed by atoms with Gasteiger partial charge in [0.2, 0.25) is 0 Å². The number of rotatable bonds is 6. The molecule has 0 atom stereocenters. The van der Waals surface area contributed by atoms with Gasteiger partial charge in [-0.2, -0.15) is 18.4 Å². The lowest BCUT2D eigenvalue weighted by Crippen LogP contribution is -2.14. The Bertz CT molecular complexity index is 1280. The van der Waals surface area contributed by atoms with Crippen LogP contribution in [-0.4, -0.2) is 5.91 Å². The number of carbonyl (C=O) groups is 1. The lowest BCUT2D eigenvalue weighted by atomic mass is 10.1. The Balaban J connectivity index is 1.78. The van der Waals surface area contributed by atoms with Crippen LogP contribution in [-0.2, 0) is 17.6 Å². The number of anilines is 1. The summed E-state index contributed by atoms with van der Waals surface area (Å²) in [4.78, 5) is 12.5. The number of benzene rings is 3. The molecule has 0 fully saturated rings. The summed E-state index contributed by atoms with van der Waals surface area (Å²) in [5.41, 5.74) is -0.253. The van der Waals surface area contributed by atoms with Crippen LogP contribution in [0.25, 0.3) is 6.08 Å². The molecule has 1 amide bonds. The number of nitrogens with zero attached hydrogens (tertiary/aromatic N) is 1. The molecule has 0 aromatic heterocycles. The highest BCUT2D eigenvalue weighted by Crippen LogP contribution is 2.36. The zero-order valence-corrected chi connectivity index (χ0v) is 20.3. The van der Waals surface area contributed by atoms with Gasteiger partial charge in [-0.25, -0.2) is 4.39 Å². The van der Waals surface area contributed by atoms with Gasteiger partial charge in [0, 0.05) is 5.69 Å². The molecule has 3 aromatic carbocycles. The van der Waals surface area contributed by atoms with Crippen molar-refractivity contribution in [2.45, 2.75) is 12.8 Å². The van der Waals surface area contributed by atoms with Crippen molar-refractivity contribution in [3.63, 3.8) is 0 Å². The van der Waals surface area contributed by atoms with E-state index >= 15 is 0 Å². The van der Waals surface area contributed by atoms with Gasteiger partial charge in [-0.3, -0.25) is 4.79 Å². The summed E-state index contributed by atoms with van der Waals surface area (Å²) >= 11 is 6.73. The van der Waals surface area contributed by atoms with E-state index in [1.807, 2.05) is 0 Å². The molecule has 1 N–H and O–H groups in total. The SMILES string of the molecule is N#C/C(=C\c1cc(Br)c(OCc2cccc(F)c2)c(Br)c1)C(=O)Nc1cccc(C(F)(F)F)c1. The van der Waals surface area contributed by atoms with Gasteiger partial charge in [-0.15, -0.1) is 0 Å². The molecule has 0 aliphatic heterocycles. The smallest absolute Gasteiger partial charge is 0.416 e. The van der Waals surface area contributed by atoms with Crippen LogP contribution in [0, 0.1) is 17.1 Å². The minimum absolute atomic E-state index is 0.0931. The van der Waals surface area contributed by atoms with Gasteiger partial charge < -0.3 is 10.1 Å². The third-order valence-corrected chi connectivity index (χ3v) is 5.59. The number of halogens is 6. The normalized spacial score (nSPS) is 11.6. The number of nitrogens with one attached hydrogen (secondary N) is 1. The molecule has 0 aliphatic carbocycles. The Morgan fingerprint density at radius 3 is 2.35 bits per heavy atom. The molecule has 0 saturated heterocycles. The molecule has 4 nitrogen and oxygen atoms in total. The topological polar surface area (TPSA) is 62.1 Å². The third-order valence-electron chi connectivity index (χ3n) is 4.42. The molecular weight excluding hydrogens is 584 g/mol. The Labute approximate surface area is 209 Å². The molecule has 10 heteroatoms. The quantitative estimate of drug-likeness (QED) is 0.182. The number of hydrogen-bond donors (Lipinski definition) is 1. The number of ether oxygens (including phenoxy) is 1. The van der Waals surface area contributed by atoms with Crippen LogP contribution < -0.4 is 10.1 Å². The third kappa shape index (κ3) is 6.68. The summed E-state index contributed by atoms with van der Waals surface area (Å²) in [6.07, 6.45) is -3.28. The standard InChI is InChI=1S/C24H14Br2F4N2O2/c25-20-9-15(10-21(26)22(20)34-13-14-3-1-5-18(27)8-14)7-16(12-31)23(33)32-19-6-2-4-17(11-19)24(28,29)30/h1-11H,13H2,(H,32,33)/b16-7+. The Morgan fingerprint density at radius 1 is 1.06 bits per heavy atom. The highest BCUT2D eigenvalue weighted by molar-refractivity contribution is 9.11. The molecule has 0 bridgehead atoms. The zero-order chi connectivity index (χ0) is 24.9. The van der Waals surface area contributed by atoms with Crippen LogP contribution in [0.1, 0.15) is 16.7 Å². The van der Waals surface area contributed by atoms with Gasteiger partial charge in [0.05, 0.1) is 14.5 Å². The van der Waals surface area contributed by atoms with Crippen molar-refractivity contribution in [3.8, 4) is 11.8 Å². The van der Waals surface area contributed by atoms with E-state index in [4.69, 9.17) is 4.74 Å². The van der Waals surface area contributed by atoms with E-state index in [1.165, 1.54) is 24.3 Å². The maximum absolute atomic E-state index is 13.3. The number of amides is 1. The van der Waals surface area contributed by atoms with E-state index in [0.29, 0.717) is 25.8 Å². The molecule has 174 valence electrons. The van der Waals surface area contributed by atoms with E-state index in [-0.39, 0.29) is 23.7 Å². The summed E-state index contributed by atoms with van der Waals surface area (Å²) < 4.78 is 58.7. The second-order valence-corrected chi connectivity index (χ2v) is 8.64. The molecule has 0 saturated carbocycles. The average Bonchev–Trinajstić information content (AvgIpc) is 2.76. The van der Waals surface area contributed by atoms with Crippen LogP contribution in [0.5, 0.6) is 5.75 Å². The van der Waals surface area contributed by atoms with Crippen LogP contribution >= 0.6 is 31.9 Å². The van der Waals surface area contributed by atoms with E-state index < -0.39 is 17.6 Å². The number of nitriles is 1. The van der Waals surface area contributed by atoms with Crippen molar-refractivity contribution >= 4 is 49.5 Å². The molecule has 34 heavy (non-hydrogen) atoms. The van der Waals surface area contributed by atoms with Crippen LogP contribution in [0.15, 0.2) is 75.2 Å². The molecule has 3 aromatic rings.